The van der Waals surface area contributed by atoms with E-state index in [4.69, 9.17) is 14.5 Å². The van der Waals surface area contributed by atoms with Crippen LogP contribution >= 0.6 is 0 Å². The molecule has 0 bridgehead atoms. The highest BCUT2D eigenvalue weighted by Crippen LogP contribution is 2.41. The van der Waals surface area contributed by atoms with Crippen LogP contribution in [0.25, 0.3) is 22.3 Å². The van der Waals surface area contributed by atoms with Crippen molar-refractivity contribution >= 4 is 28.5 Å². The van der Waals surface area contributed by atoms with E-state index >= 15 is 0 Å². The Morgan fingerprint density at radius 3 is 2.35 bits per heavy atom. The minimum atomic E-state index is -0.195. The van der Waals surface area contributed by atoms with Crippen molar-refractivity contribution in [3.63, 3.8) is 0 Å². The number of carbonyl (C=O) groups is 2. The highest BCUT2D eigenvalue weighted by Gasteiger charge is 2.35. The van der Waals surface area contributed by atoms with E-state index in [1.54, 1.807) is 14.2 Å². The van der Waals surface area contributed by atoms with Crippen LogP contribution in [-0.4, -0.2) is 47.2 Å². The van der Waals surface area contributed by atoms with Crippen molar-refractivity contribution in [3.05, 3.63) is 35.7 Å². The van der Waals surface area contributed by atoms with Crippen molar-refractivity contribution < 1.29 is 19.1 Å². The molecule has 4 heterocycles. The summed E-state index contributed by atoms with van der Waals surface area (Å²) in [5.41, 5.74) is 5.08. The molecule has 2 amide bonds. The Bertz CT molecular complexity index is 1230. The molecule has 1 atom stereocenters. The highest BCUT2D eigenvalue weighted by molar-refractivity contribution is 6.23. The molecule has 3 aromatic rings. The van der Waals surface area contributed by atoms with E-state index in [1.807, 2.05) is 31.3 Å². The average Bonchev–Trinajstić information content (AvgIpc) is 3.39. The van der Waals surface area contributed by atoms with Gasteiger partial charge in [-0.3, -0.25) is 9.59 Å². The number of methoxy groups -OCH3 is 2. The Morgan fingerprint density at radius 1 is 1.06 bits per heavy atom. The molecule has 1 fully saturated rings. The van der Waals surface area contributed by atoms with E-state index in [2.05, 4.69) is 30.3 Å². The zero-order valence-electron chi connectivity index (χ0n) is 20.7. The number of aromatic nitrogens is 3. The Labute approximate surface area is 199 Å². The summed E-state index contributed by atoms with van der Waals surface area (Å²) in [5, 5.41) is 0. The molecule has 34 heavy (non-hydrogen) atoms. The third-order valence-corrected chi connectivity index (χ3v) is 6.48. The van der Waals surface area contributed by atoms with Gasteiger partial charge in [0.2, 0.25) is 17.7 Å². The van der Waals surface area contributed by atoms with Crippen LogP contribution in [0.5, 0.6) is 5.88 Å². The third-order valence-electron chi connectivity index (χ3n) is 6.48. The van der Waals surface area contributed by atoms with Gasteiger partial charge < -0.3 is 14.0 Å². The molecule has 1 unspecified atom stereocenters. The molecule has 0 aliphatic carbocycles. The first-order valence-electron chi connectivity index (χ1n) is 11.7. The number of hydrogen-bond donors (Lipinski definition) is 0. The van der Waals surface area contributed by atoms with Crippen molar-refractivity contribution in [1.29, 1.82) is 0 Å². The van der Waals surface area contributed by atoms with Gasteiger partial charge >= 0.3 is 0 Å². The van der Waals surface area contributed by atoms with Crippen LogP contribution in [0.2, 0.25) is 0 Å². The fourth-order valence-corrected chi connectivity index (χ4v) is 4.63. The van der Waals surface area contributed by atoms with E-state index in [-0.39, 0.29) is 36.6 Å². The first-order valence-corrected chi connectivity index (χ1v) is 11.7. The molecule has 4 rings (SSSR count). The summed E-state index contributed by atoms with van der Waals surface area (Å²) < 4.78 is 13.2. The monoisotopic (exact) mass is 464 g/mol. The summed E-state index contributed by atoms with van der Waals surface area (Å²) >= 11 is 0. The number of imide groups is 1. The van der Waals surface area contributed by atoms with Gasteiger partial charge in [0.15, 0.2) is 0 Å². The van der Waals surface area contributed by atoms with Crippen molar-refractivity contribution in [2.75, 3.05) is 25.7 Å². The predicted octanol–water partition coefficient (Wildman–Crippen LogP) is 4.79. The number of hydrogen-bond acceptors (Lipinski definition) is 6. The Morgan fingerprint density at radius 2 is 1.76 bits per heavy atom. The van der Waals surface area contributed by atoms with Crippen molar-refractivity contribution in [3.8, 4) is 17.1 Å². The molecule has 3 aromatic heterocycles. The Kier molecular flexibility index (Phi) is 6.70. The summed E-state index contributed by atoms with van der Waals surface area (Å²) in [7, 11) is 3.26. The first-order chi connectivity index (χ1) is 16.3. The van der Waals surface area contributed by atoms with Gasteiger partial charge in [-0.2, -0.15) is 0 Å². The normalized spacial score (nSPS) is 15.1. The molecule has 180 valence electrons. The zero-order chi connectivity index (χ0) is 24.6. The fourth-order valence-electron chi connectivity index (χ4n) is 4.63. The van der Waals surface area contributed by atoms with Crippen LogP contribution in [0.3, 0.4) is 0 Å². The zero-order valence-corrected chi connectivity index (χ0v) is 20.7. The standard InChI is InChI=1S/C26H32N4O4/c1-7-17(14-33-5)29-13-12-20-25(29)24(30-21(31)10-11-22(30)32)16(4)23(27-20)18-8-9-19(15(2)3)28-26(18)34-6/h8-9,12-13,15,17H,7,10-11,14H2,1-6H3. The number of ether oxygens (including phenoxy) is 2. The maximum atomic E-state index is 12.9. The maximum Gasteiger partial charge on any atom is 0.234 e. The molecular weight excluding hydrogens is 432 g/mol. The minimum absolute atomic E-state index is 0.0441. The number of carbonyl (C=O) groups excluding carboxylic acids is 2. The van der Waals surface area contributed by atoms with Crippen LogP contribution in [0.15, 0.2) is 24.4 Å². The number of rotatable bonds is 8. The number of fused-ring (bicyclic) bond motifs is 1. The van der Waals surface area contributed by atoms with E-state index in [0.717, 1.165) is 28.8 Å². The molecule has 8 heteroatoms. The minimum Gasteiger partial charge on any atom is -0.480 e. The second-order valence-electron chi connectivity index (χ2n) is 8.98. The van der Waals surface area contributed by atoms with Gasteiger partial charge in [0.25, 0.3) is 0 Å². The molecule has 1 aliphatic heterocycles. The molecule has 0 radical (unpaired) electrons. The summed E-state index contributed by atoms with van der Waals surface area (Å²) in [6.45, 7) is 8.65. The number of pyridine rings is 2. The van der Waals surface area contributed by atoms with Gasteiger partial charge in [-0.05, 0) is 37.5 Å². The van der Waals surface area contributed by atoms with Crippen molar-refractivity contribution in [2.24, 2.45) is 0 Å². The first kappa shape index (κ1) is 23.9. The molecule has 0 saturated carbocycles. The third kappa shape index (κ3) is 3.96. The molecule has 0 aromatic carbocycles. The number of nitrogens with zero attached hydrogens (tertiary/aromatic N) is 4. The van der Waals surface area contributed by atoms with E-state index in [1.165, 1.54) is 4.90 Å². The van der Waals surface area contributed by atoms with Gasteiger partial charge in [-0.25, -0.2) is 14.9 Å². The molecular formula is C26H32N4O4. The Hall–Kier alpha value is -3.26. The summed E-state index contributed by atoms with van der Waals surface area (Å²) in [4.78, 5) is 36.8. The summed E-state index contributed by atoms with van der Waals surface area (Å²) in [5.74, 6) is 0.325. The SMILES string of the molecule is CCC(COC)n1ccc2nc(-c3ccc(C(C)C)nc3OC)c(C)c(N3C(=O)CCC3=O)c21. The van der Waals surface area contributed by atoms with E-state index in [0.29, 0.717) is 29.4 Å². The van der Waals surface area contributed by atoms with Gasteiger partial charge in [0.1, 0.15) is 0 Å². The van der Waals surface area contributed by atoms with Gasteiger partial charge in [0, 0.05) is 37.4 Å². The molecule has 1 aliphatic rings. The number of amides is 2. The topological polar surface area (TPSA) is 86.6 Å². The van der Waals surface area contributed by atoms with E-state index in [9.17, 15) is 9.59 Å². The fraction of sp³-hybridized carbons (Fsp3) is 0.462. The Balaban J connectivity index is 2.03. The molecule has 0 spiro atoms. The lowest BCUT2D eigenvalue weighted by molar-refractivity contribution is -0.121. The number of anilines is 1. The molecule has 1 saturated heterocycles. The lowest BCUT2D eigenvalue weighted by atomic mass is 10.0. The lowest BCUT2D eigenvalue weighted by Crippen LogP contribution is -2.30. The van der Waals surface area contributed by atoms with Crippen molar-refractivity contribution in [1.82, 2.24) is 14.5 Å². The smallest absolute Gasteiger partial charge is 0.234 e. The second-order valence-corrected chi connectivity index (χ2v) is 8.98. The maximum absolute atomic E-state index is 12.9. The van der Waals surface area contributed by atoms with Gasteiger partial charge in [0.05, 0.1) is 47.7 Å². The predicted molar refractivity (Wildman–Crippen MR) is 131 cm³/mol. The van der Waals surface area contributed by atoms with Crippen LogP contribution in [0.1, 0.15) is 63.3 Å². The van der Waals surface area contributed by atoms with Crippen LogP contribution in [-0.2, 0) is 14.3 Å². The van der Waals surface area contributed by atoms with Gasteiger partial charge in [-0.15, -0.1) is 0 Å². The van der Waals surface area contributed by atoms with Crippen molar-refractivity contribution in [2.45, 2.75) is 58.9 Å². The van der Waals surface area contributed by atoms with E-state index < -0.39 is 0 Å². The summed E-state index contributed by atoms with van der Waals surface area (Å²) in [6.07, 6.45) is 3.21. The quantitative estimate of drug-likeness (QED) is 0.446. The average molecular weight is 465 g/mol. The molecule has 0 N–H and O–H groups in total. The largest absolute Gasteiger partial charge is 0.480 e. The lowest BCUT2D eigenvalue weighted by Gasteiger charge is -2.24. The van der Waals surface area contributed by atoms with Crippen LogP contribution < -0.4 is 9.64 Å². The van der Waals surface area contributed by atoms with Crippen LogP contribution in [0.4, 0.5) is 5.69 Å². The molecule has 8 nitrogen and oxygen atoms in total. The van der Waals surface area contributed by atoms with Gasteiger partial charge in [-0.1, -0.05) is 20.8 Å². The summed E-state index contributed by atoms with van der Waals surface area (Å²) in [6, 6.07) is 5.89. The highest BCUT2D eigenvalue weighted by atomic mass is 16.5. The van der Waals surface area contributed by atoms with Crippen LogP contribution in [0, 0.1) is 6.92 Å². The second kappa shape index (κ2) is 9.54.